The summed E-state index contributed by atoms with van der Waals surface area (Å²) in [4.78, 5) is 0. The van der Waals surface area contributed by atoms with Gasteiger partial charge in [0.2, 0.25) is 0 Å². The first-order chi connectivity index (χ1) is 7.33. The third kappa shape index (κ3) is 1.49. The average molecular weight is 203 g/mol. The molecule has 1 fully saturated rings. The lowest BCUT2D eigenvalue weighted by molar-refractivity contribution is 0.0934. The van der Waals surface area contributed by atoms with Crippen LogP contribution in [0.5, 0.6) is 5.75 Å². The molecule has 3 heteroatoms. The van der Waals surface area contributed by atoms with Crippen molar-refractivity contribution >= 4 is 10.8 Å². The van der Waals surface area contributed by atoms with Crippen LogP contribution in [0.15, 0.2) is 35.1 Å². The first-order valence-electron chi connectivity index (χ1n) is 5.21. The smallest absolute Gasteiger partial charge is 0.120 e. The van der Waals surface area contributed by atoms with Crippen LogP contribution in [0.4, 0.5) is 0 Å². The highest BCUT2D eigenvalue weighted by molar-refractivity contribution is 5.82. The second-order valence-corrected chi connectivity index (χ2v) is 4.06. The Morgan fingerprint density at radius 2 is 2.07 bits per heavy atom. The minimum absolute atomic E-state index is 0.189. The number of ether oxygens (including phenoxy) is 1. The molecule has 1 aliphatic carbocycles. The summed E-state index contributed by atoms with van der Waals surface area (Å²) in [6.07, 6.45) is 5.77. The molecule has 3 rings (SSSR count). The van der Waals surface area contributed by atoms with E-state index >= 15 is 0 Å². The highest BCUT2D eigenvalue weighted by Gasteiger charge is 2.29. The van der Waals surface area contributed by atoms with E-state index in [2.05, 4.69) is 0 Å². The number of hydrogen-bond acceptors (Lipinski definition) is 3. The SMILES string of the molecule is N[C@@H]1CC[C@H]1Oc1ccc2cocc2c1. The Morgan fingerprint density at radius 1 is 1.20 bits per heavy atom. The van der Waals surface area contributed by atoms with Gasteiger partial charge in [0.1, 0.15) is 11.9 Å². The molecule has 0 radical (unpaired) electrons. The van der Waals surface area contributed by atoms with E-state index in [0.29, 0.717) is 0 Å². The van der Waals surface area contributed by atoms with Crippen molar-refractivity contribution in [2.45, 2.75) is 25.0 Å². The molecule has 1 heterocycles. The fourth-order valence-electron chi connectivity index (χ4n) is 1.83. The quantitative estimate of drug-likeness (QED) is 0.814. The zero-order valence-electron chi connectivity index (χ0n) is 8.35. The van der Waals surface area contributed by atoms with Gasteiger partial charge in [0, 0.05) is 16.8 Å². The predicted octanol–water partition coefficient (Wildman–Crippen LogP) is 2.30. The van der Waals surface area contributed by atoms with Gasteiger partial charge in [-0.25, -0.2) is 0 Å². The fourth-order valence-corrected chi connectivity index (χ4v) is 1.83. The van der Waals surface area contributed by atoms with Crippen molar-refractivity contribution in [1.82, 2.24) is 0 Å². The molecule has 0 spiro atoms. The highest BCUT2D eigenvalue weighted by atomic mass is 16.5. The van der Waals surface area contributed by atoms with Gasteiger partial charge in [-0.2, -0.15) is 0 Å². The number of nitrogens with two attached hydrogens (primary N) is 1. The van der Waals surface area contributed by atoms with Gasteiger partial charge in [-0.3, -0.25) is 0 Å². The van der Waals surface area contributed by atoms with Crippen molar-refractivity contribution in [1.29, 1.82) is 0 Å². The molecule has 0 unspecified atom stereocenters. The molecule has 1 saturated carbocycles. The van der Waals surface area contributed by atoms with E-state index in [1.54, 1.807) is 12.5 Å². The van der Waals surface area contributed by atoms with Crippen LogP contribution in [-0.4, -0.2) is 12.1 Å². The van der Waals surface area contributed by atoms with E-state index in [1.165, 1.54) is 0 Å². The Morgan fingerprint density at radius 3 is 2.80 bits per heavy atom. The van der Waals surface area contributed by atoms with Crippen LogP contribution >= 0.6 is 0 Å². The lowest BCUT2D eigenvalue weighted by Crippen LogP contribution is -2.47. The second kappa shape index (κ2) is 3.28. The third-order valence-electron chi connectivity index (χ3n) is 3.00. The van der Waals surface area contributed by atoms with Crippen molar-refractivity contribution in [3.05, 3.63) is 30.7 Å². The summed E-state index contributed by atoms with van der Waals surface area (Å²) in [7, 11) is 0. The number of furan rings is 1. The van der Waals surface area contributed by atoms with Crippen molar-refractivity contribution in [3.63, 3.8) is 0 Å². The molecular formula is C12H13NO2. The highest BCUT2D eigenvalue weighted by Crippen LogP contribution is 2.27. The van der Waals surface area contributed by atoms with E-state index in [9.17, 15) is 0 Å². The summed E-state index contributed by atoms with van der Waals surface area (Å²) in [6.45, 7) is 0. The van der Waals surface area contributed by atoms with E-state index in [-0.39, 0.29) is 12.1 Å². The molecule has 0 bridgehead atoms. The van der Waals surface area contributed by atoms with Gasteiger partial charge in [-0.05, 0) is 31.0 Å². The van der Waals surface area contributed by atoms with Crippen LogP contribution in [0.3, 0.4) is 0 Å². The Labute approximate surface area is 87.8 Å². The van der Waals surface area contributed by atoms with Crippen LogP contribution in [0.2, 0.25) is 0 Å². The Bertz CT molecular complexity index is 477. The molecule has 2 aromatic rings. The lowest BCUT2D eigenvalue weighted by Gasteiger charge is -2.33. The second-order valence-electron chi connectivity index (χ2n) is 4.06. The minimum atomic E-state index is 0.189. The first kappa shape index (κ1) is 8.80. The van der Waals surface area contributed by atoms with Gasteiger partial charge in [0.25, 0.3) is 0 Å². The van der Waals surface area contributed by atoms with E-state index in [0.717, 1.165) is 29.4 Å². The summed E-state index contributed by atoms with van der Waals surface area (Å²) in [6, 6.07) is 6.15. The van der Waals surface area contributed by atoms with E-state index in [4.69, 9.17) is 14.9 Å². The monoisotopic (exact) mass is 203 g/mol. The maximum atomic E-state index is 5.82. The molecule has 3 nitrogen and oxygen atoms in total. The molecule has 0 aliphatic heterocycles. The lowest BCUT2D eigenvalue weighted by atomic mass is 9.90. The molecule has 1 aromatic carbocycles. The number of rotatable bonds is 2. The summed E-state index contributed by atoms with van der Waals surface area (Å²) < 4.78 is 10.9. The Kier molecular flexibility index (Phi) is 1.92. The van der Waals surface area contributed by atoms with Crippen molar-refractivity contribution in [2.24, 2.45) is 5.73 Å². The molecule has 1 aromatic heterocycles. The van der Waals surface area contributed by atoms with Gasteiger partial charge in [0.15, 0.2) is 0 Å². The largest absolute Gasteiger partial charge is 0.489 e. The third-order valence-corrected chi connectivity index (χ3v) is 3.00. The summed E-state index contributed by atoms with van der Waals surface area (Å²) in [5.41, 5.74) is 5.82. The molecule has 15 heavy (non-hydrogen) atoms. The number of fused-ring (bicyclic) bond motifs is 1. The molecule has 2 atom stereocenters. The van der Waals surface area contributed by atoms with Crippen molar-refractivity contribution in [2.75, 3.05) is 0 Å². The average Bonchev–Trinajstić information content (AvgIpc) is 2.71. The number of hydrogen-bond donors (Lipinski definition) is 1. The molecule has 0 saturated heterocycles. The molecule has 1 aliphatic rings. The maximum Gasteiger partial charge on any atom is 0.120 e. The van der Waals surface area contributed by atoms with Crippen LogP contribution in [-0.2, 0) is 0 Å². The van der Waals surface area contributed by atoms with Gasteiger partial charge >= 0.3 is 0 Å². The van der Waals surface area contributed by atoms with Crippen LogP contribution < -0.4 is 10.5 Å². The molecule has 0 amide bonds. The molecular weight excluding hydrogens is 190 g/mol. The first-order valence-corrected chi connectivity index (χ1v) is 5.21. The van der Waals surface area contributed by atoms with Crippen LogP contribution in [0.1, 0.15) is 12.8 Å². The Balaban J connectivity index is 1.84. The summed E-state index contributed by atoms with van der Waals surface area (Å²) >= 11 is 0. The summed E-state index contributed by atoms with van der Waals surface area (Å²) in [5.74, 6) is 0.879. The van der Waals surface area contributed by atoms with Gasteiger partial charge in [0.05, 0.1) is 12.5 Å². The zero-order valence-corrected chi connectivity index (χ0v) is 8.35. The van der Waals surface area contributed by atoms with Gasteiger partial charge in [-0.1, -0.05) is 0 Å². The summed E-state index contributed by atoms with van der Waals surface area (Å²) in [5, 5.41) is 2.17. The topological polar surface area (TPSA) is 48.4 Å². The standard InChI is InChI=1S/C12H13NO2/c13-11-3-4-12(11)15-10-2-1-8-6-14-7-9(8)5-10/h1-2,5-7,11-12H,3-4,13H2/t11-,12-/m1/s1. The normalized spacial score (nSPS) is 25.1. The van der Waals surface area contributed by atoms with Gasteiger partial charge in [-0.15, -0.1) is 0 Å². The Hall–Kier alpha value is -1.48. The van der Waals surface area contributed by atoms with Crippen LogP contribution in [0, 0.1) is 0 Å². The van der Waals surface area contributed by atoms with E-state index < -0.39 is 0 Å². The number of benzene rings is 1. The molecule has 2 N–H and O–H groups in total. The van der Waals surface area contributed by atoms with Crippen molar-refractivity contribution in [3.8, 4) is 5.75 Å². The van der Waals surface area contributed by atoms with Crippen molar-refractivity contribution < 1.29 is 9.15 Å². The van der Waals surface area contributed by atoms with E-state index in [1.807, 2.05) is 18.2 Å². The van der Waals surface area contributed by atoms with Gasteiger partial charge < -0.3 is 14.9 Å². The molecule has 78 valence electrons. The fraction of sp³-hybridized carbons (Fsp3) is 0.333. The predicted molar refractivity (Wildman–Crippen MR) is 57.8 cm³/mol. The zero-order chi connectivity index (χ0) is 10.3. The van der Waals surface area contributed by atoms with Crippen LogP contribution in [0.25, 0.3) is 10.8 Å². The maximum absolute atomic E-state index is 5.82. The minimum Gasteiger partial charge on any atom is -0.489 e.